The van der Waals surface area contributed by atoms with Gasteiger partial charge in [0.15, 0.2) is 11.0 Å². The maximum absolute atomic E-state index is 12.8. The molecule has 0 aliphatic carbocycles. The second-order valence-electron chi connectivity index (χ2n) is 7.06. The Morgan fingerprint density at radius 3 is 2.72 bits per heavy atom. The van der Waals surface area contributed by atoms with Gasteiger partial charge in [-0.1, -0.05) is 48.2 Å². The molecule has 0 saturated heterocycles. The first-order chi connectivity index (χ1) is 15.6. The van der Waals surface area contributed by atoms with E-state index in [2.05, 4.69) is 26.6 Å². The molecular weight excluding hydrogens is 420 g/mol. The van der Waals surface area contributed by atoms with Gasteiger partial charge >= 0.3 is 0 Å². The molecule has 1 amide bonds. The number of aromatic nitrogens is 4. The number of nitriles is 1. The number of thioether (sulfide) groups is 1. The molecule has 1 unspecified atom stereocenters. The minimum absolute atomic E-state index is 0.178. The van der Waals surface area contributed by atoms with Gasteiger partial charge < -0.3 is 5.32 Å². The van der Waals surface area contributed by atoms with Gasteiger partial charge in [0.25, 0.3) is 0 Å². The van der Waals surface area contributed by atoms with Gasteiger partial charge in [-0.15, -0.1) is 10.2 Å². The van der Waals surface area contributed by atoms with Crippen molar-refractivity contribution in [3.05, 3.63) is 90.3 Å². The molecule has 0 aliphatic rings. The highest BCUT2D eigenvalue weighted by molar-refractivity contribution is 8.00. The summed E-state index contributed by atoms with van der Waals surface area (Å²) in [7, 11) is 0. The highest BCUT2D eigenvalue weighted by atomic mass is 32.2. The first kappa shape index (κ1) is 21.3. The average molecular weight is 441 g/mol. The van der Waals surface area contributed by atoms with E-state index in [0.717, 1.165) is 11.1 Å². The molecule has 0 spiro atoms. The fourth-order valence-electron chi connectivity index (χ4n) is 3.12. The summed E-state index contributed by atoms with van der Waals surface area (Å²) in [5.74, 6) is 0.515. The van der Waals surface area contributed by atoms with Crippen molar-refractivity contribution in [1.82, 2.24) is 19.7 Å². The van der Waals surface area contributed by atoms with E-state index in [4.69, 9.17) is 5.26 Å². The number of nitrogens with zero attached hydrogens (tertiary/aromatic N) is 5. The Morgan fingerprint density at radius 1 is 1.12 bits per heavy atom. The zero-order chi connectivity index (χ0) is 22.3. The normalized spacial score (nSPS) is 11.5. The van der Waals surface area contributed by atoms with Gasteiger partial charge in [0, 0.05) is 23.6 Å². The Balaban J connectivity index is 1.57. The molecule has 2 aromatic carbocycles. The van der Waals surface area contributed by atoms with Gasteiger partial charge in [-0.3, -0.25) is 14.3 Å². The van der Waals surface area contributed by atoms with Crippen LogP contribution in [-0.4, -0.2) is 30.9 Å². The first-order valence-electron chi connectivity index (χ1n) is 9.99. The van der Waals surface area contributed by atoms with E-state index in [-0.39, 0.29) is 5.91 Å². The summed E-state index contributed by atoms with van der Waals surface area (Å²) in [5.41, 5.74) is 3.04. The predicted molar refractivity (Wildman–Crippen MR) is 124 cm³/mol. The van der Waals surface area contributed by atoms with E-state index in [0.29, 0.717) is 28.8 Å². The minimum atomic E-state index is -0.429. The van der Waals surface area contributed by atoms with Crippen LogP contribution in [0, 0.1) is 11.3 Å². The number of hydrogen-bond donors (Lipinski definition) is 1. The van der Waals surface area contributed by atoms with Gasteiger partial charge in [-0.25, -0.2) is 0 Å². The number of benzene rings is 2. The number of rotatable bonds is 7. The van der Waals surface area contributed by atoms with Crippen molar-refractivity contribution in [2.75, 3.05) is 5.32 Å². The second-order valence-corrected chi connectivity index (χ2v) is 8.37. The number of carbonyl (C=O) groups excluding carboxylic acids is 1. The van der Waals surface area contributed by atoms with E-state index in [9.17, 15) is 4.79 Å². The van der Waals surface area contributed by atoms with E-state index < -0.39 is 5.25 Å². The third kappa shape index (κ3) is 5.02. The molecule has 2 aromatic heterocycles. The molecular formula is C24H20N6OS. The molecule has 158 valence electrons. The van der Waals surface area contributed by atoms with Crippen molar-refractivity contribution < 1.29 is 4.79 Å². The highest BCUT2D eigenvalue weighted by Gasteiger charge is 2.21. The zero-order valence-corrected chi connectivity index (χ0v) is 18.2. The lowest BCUT2D eigenvalue weighted by Crippen LogP contribution is -2.23. The van der Waals surface area contributed by atoms with Crippen molar-refractivity contribution >= 4 is 23.4 Å². The number of hydrogen-bond acceptors (Lipinski definition) is 6. The van der Waals surface area contributed by atoms with Crippen molar-refractivity contribution in [2.24, 2.45) is 0 Å². The summed E-state index contributed by atoms with van der Waals surface area (Å²) in [5, 5.41) is 20.9. The van der Waals surface area contributed by atoms with E-state index in [1.165, 1.54) is 11.8 Å². The summed E-state index contributed by atoms with van der Waals surface area (Å²) in [4.78, 5) is 17.0. The Bertz CT molecular complexity index is 1250. The SMILES string of the molecule is CC(Sc1nnc(-c2cccnc2)n1Cc1ccccc1)C(=O)Nc1cccc(C#N)c1. The molecule has 8 heteroatoms. The third-order valence-electron chi connectivity index (χ3n) is 4.73. The van der Waals surface area contributed by atoms with Crippen LogP contribution in [0.3, 0.4) is 0 Å². The van der Waals surface area contributed by atoms with Gasteiger partial charge in [0.1, 0.15) is 0 Å². The molecule has 32 heavy (non-hydrogen) atoms. The van der Waals surface area contributed by atoms with Crippen LogP contribution in [0.5, 0.6) is 0 Å². The lowest BCUT2D eigenvalue weighted by atomic mass is 10.2. The van der Waals surface area contributed by atoms with Gasteiger partial charge in [-0.2, -0.15) is 5.26 Å². The fourth-order valence-corrected chi connectivity index (χ4v) is 3.96. The van der Waals surface area contributed by atoms with Crippen molar-refractivity contribution in [3.63, 3.8) is 0 Å². The number of carbonyl (C=O) groups is 1. The predicted octanol–water partition coefficient (Wildman–Crippen LogP) is 4.38. The van der Waals surface area contributed by atoms with Crippen LogP contribution in [0.4, 0.5) is 5.69 Å². The lowest BCUT2D eigenvalue weighted by molar-refractivity contribution is -0.115. The summed E-state index contributed by atoms with van der Waals surface area (Å²) in [6.07, 6.45) is 3.46. The van der Waals surface area contributed by atoms with Gasteiger partial charge in [0.05, 0.1) is 23.4 Å². The van der Waals surface area contributed by atoms with Crippen LogP contribution in [0.1, 0.15) is 18.1 Å². The van der Waals surface area contributed by atoms with Crippen LogP contribution in [0.25, 0.3) is 11.4 Å². The van der Waals surface area contributed by atoms with Gasteiger partial charge in [-0.05, 0) is 42.8 Å². The standard InChI is InChI=1S/C24H20N6OS/c1-17(23(31)27-21-11-5-9-19(13-21)14-25)32-24-29-28-22(20-10-6-12-26-15-20)30(24)16-18-7-3-2-4-8-18/h2-13,15,17H,16H2,1H3,(H,27,31). The minimum Gasteiger partial charge on any atom is -0.325 e. The smallest absolute Gasteiger partial charge is 0.237 e. The number of nitrogens with one attached hydrogen (secondary N) is 1. The topological polar surface area (TPSA) is 96.5 Å². The second kappa shape index (κ2) is 9.90. The molecule has 1 N–H and O–H groups in total. The number of anilines is 1. The summed E-state index contributed by atoms with van der Waals surface area (Å²) in [6.45, 7) is 2.39. The average Bonchev–Trinajstić information content (AvgIpc) is 3.22. The van der Waals surface area contributed by atoms with Crippen LogP contribution in [0.2, 0.25) is 0 Å². The monoisotopic (exact) mass is 440 g/mol. The molecule has 1 atom stereocenters. The Hall–Kier alpha value is -3.96. The van der Waals surface area contributed by atoms with Crippen LogP contribution in [0.15, 0.2) is 84.3 Å². The summed E-state index contributed by atoms with van der Waals surface area (Å²) in [6, 6.07) is 22.7. The first-order valence-corrected chi connectivity index (χ1v) is 10.9. The highest BCUT2D eigenvalue weighted by Crippen LogP contribution is 2.28. The molecule has 4 aromatic rings. The van der Waals surface area contributed by atoms with E-state index in [1.54, 1.807) is 36.7 Å². The third-order valence-corrected chi connectivity index (χ3v) is 5.81. The van der Waals surface area contributed by atoms with Crippen molar-refractivity contribution in [2.45, 2.75) is 23.9 Å². The zero-order valence-electron chi connectivity index (χ0n) is 17.3. The number of amides is 1. The maximum atomic E-state index is 12.8. The molecule has 0 radical (unpaired) electrons. The van der Waals surface area contributed by atoms with Crippen LogP contribution in [-0.2, 0) is 11.3 Å². The van der Waals surface area contributed by atoms with Crippen LogP contribution < -0.4 is 5.32 Å². The Kier molecular flexibility index (Phi) is 6.58. The Morgan fingerprint density at radius 2 is 1.97 bits per heavy atom. The molecule has 7 nitrogen and oxygen atoms in total. The largest absolute Gasteiger partial charge is 0.325 e. The van der Waals surface area contributed by atoms with Crippen molar-refractivity contribution in [1.29, 1.82) is 5.26 Å². The Labute approximate surface area is 190 Å². The molecule has 2 heterocycles. The maximum Gasteiger partial charge on any atom is 0.237 e. The molecule has 0 bridgehead atoms. The number of pyridine rings is 1. The van der Waals surface area contributed by atoms with Crippen molar-refractivity contribution in [3.8, 4) is 17.5 Å². The lowest BCUT2D eigenvalue weighted by Gasteiger charge is -2.14. The van der Waals surface area contributed by atoms with Gasteiger partial charge in [0.2, 0.25) is 5.91 Å². The quantitative estimate of drug-likeness (QED) is 0.429. The molecule has 0 saturated carbocycles. The van der Waals surface area contributed by atoms with E-state index >= 15 is 0 Å². The molecule has 0 aliphatic heterocycles. The molecule has 4 rings (SSSR count). The fraction of sp³-hybridized carbons (Fsp3) is 0.125. The summed E-state index contributed by atoms with van der Waals surface area (Å²) < 4.78 is 2.00. The van der Waals surface area contributed by atoms with Crippen LogP contribution >= 0.6 is 11.8 Å². The molecule has 0 fully saturated rings. The van der Waals surface area contributed by atoms with E-state index in [1.807, 2.05) is 54.0 Å². The summed E-state index contributed by atoms with van der Waals surface area (Å²) >= 11 is 1.33.